The van der Waals surface area contributed by atoms with Crippen molar-refractivity contribution >= 4 is 10.2 Å². The quantitative estimate of drug-likeness (QED) is 0.755. The molecule has 0 heterocycles. The van der Waals surface area contributed by atoms with E-state index in [1.54, 1.807) is 0 Å². The third-order valence-electron chi connectivity index (χ3n) is 3.22. The molecule has 0 aromatic rings. The summed E-state index contributed by atoms with van der Waals surface area (Å²) in [6.07, 6.45) is 3.47. The Balaban J connectivity index is 2.82. The van der Waals surface area contributed by atoms with E-state index in [9.17, 15) is 13.5 Å². The maximum Gasteiger partial charge on any atom is 0.279 e. The number of aliphatic hydroxyl groups is 1. The number of nitrogens with zero attached hydrogens (tertiary/aromatic N) is 1. The molecule has 0 aromatic carbocycles. The summed E-state index contributed by atoms with van der Waals surface area (Å²) in [7, 11) is -0.497. The van der Waals surface area contributed by atoms with Gasteiger partial charge in [-0.25, -0.2) is 0 Å². The summed E-state index contributed by atoms with van der Waals surface area (Å²) in [4.78, 5) is 0. The fourth-order valence-electron chi connectivity index (χ4n) is 2.29. The molecule has 2 atom stereocenters. The molecule has 0 amide bonds. The van der Waals surface area contributed by atoms with Crippen molar-refractivity contribution in [2.45, 2.75) is 38.1 Å². The maximum absolute atomic E-state index is 11.8. The van der Waals surface area contributed by atoms with Crippen molar-refractivity contribution < 1.29 is 13.5 Å². The molecule has 0 spiro atoms. The van der Waals surface area contributed by atoms with Gasteiger partial charge in [-0.15, -0.1) is 0 Å². The molecule has 1 aliphatic rings. The minimum Gasteiger partial charge on any atom is -0.394 e. The second kappa shape index (κ2) is 5.00. The highest BCUT2D eigenvalue weighted by Gasteiger charge is 2.38. The lowest BCUT2D eigenvalue weighted by atomic mass is 9.78. The van der Waals surface area contributed by atoms with E-state index in [0.29, 0.717) is 18.8 Å². The lowest BCUT2D eigenvalue weighted by Crippen LogP contribution is -2.56. The third-order valence-corrected chi connectivity index (χ3v) is 4.87. The molecule has 2 N–H and O–H groups in total. The first-order chi connectivity index (χ1) is 7.31. The predicted molar refractivity (Wildman–Crippen MR) is 63.2 cm³/mol. The number of aliphatic hydroxyl groups excluding tert-OH is 1. The van der Waals surface area contributed by atoms with Gasteiger partial charge in [0.1, 0.15) is 0 Å². The van der Waals surface area contributed by atoms with E-state index >= 15 is 0 Å². The molecule has 6 heteroatoms. The van der Waals surface area contributed by atoms with Crippen LogP contribution in [0.2, 0.25) is 0 Å². The summed E-state index contributed by atoms with van der Waals surface area (Å²) in [5, 5.41) is 9.46. The molecule has 0 radical (unpaired) electrons. The van der Waals surface area contributed by atoms with Crippen molar-refractivity contribution in [2.75, 3.05) is 20.7 Å². The van der Waals surface area contributed by atoms with E-state index in [1.807, 2.05) is 0 Å². The third kappa shape index (κ3) is 3.16. The summed E-state index contributed by atoms with van der Waals surface area (Å²) in [5.41, 5.74) is -0.666. The Labute approximate surface area is 98.0 Å². The van der Waals surface area contributed by atoms with Crippen LogP contribution in [0.5, 0.6) is 0 Å². The largest absolute Gasteiger partial charge is 0.394 e. The molecule has 96 valence electrons. The Hall–Kier alpha value is -0.170. The van der Waals surface area contributed by atoms with Crippen LogP contribution in [0.1, 0.15) is 32.6 Å². The lowest BCUT2D eigenvalue weighted by molar-refractivity contribution is 0.118. The molecule has 0 aromatic heterocycles. The minimum atomic E-state index is -3.47. The van der Waals surface area contributed by atoms with Crippen molar-refractivity contribution in [3.05, 3.63) is 0 Å². The van der Waals surface area contributed by atoms with Crippen molar-refractivity contribution in [1.29, 1.82) is 0 Å². The van der Waals surface area contributed by atoms with E-state index in [4.69, 9.17) is 0 Å². The molecule has 0 aliphatic heterocycles. The Morgan fingerprint density at radius 1 is 1.50 bits per heavy atom. The van der Waals surface area contributed by atoms with Crippen LogP contribution in [0.4, 0.5) is 0 Å². The van der Waals surface area contributed by atoms with Crippen LogP contribution in [0, 0.1) is 5.92 Å². The number of rotatable bonds is 4. The van der Waals surface area contributed by atoms with Gasteiger partial charge in [-0.1, -0.05) is 19.8 Å². The van der Waals surface area contributed by atoms with E-state index in [-0.39, 0.29) is 6.61 Å². The van der Waals surface area contributed by atoms with Gasteiger partial charge in [0.05, 0.1) is 12.1 Å². The van der Waals surface area contributed by atoms with E-state index < -0.39 is 15.7 Å². The van der Waals surface area contributed by atoms with Crippen molar-refractivity contribution in [3.8, 4) is 0 Å². The van der Waals surface area contributed by atoms with Crippen LogP contribution in [-0.4, -0.2) is 44.1 Å². The fourth-order valence-corrected chi connectivity index (χ4v) is 3.27. The van der Waals surface area contributed by atoms with Gasteiger partial charge >= 0.3 is 0 Å². The monoisotopic (exact) mass is 250 g/mol. The van der Waals surface area contributed by atoms with Gasteiger partial charge < -0.3 is 5.11 Å². The van der Waals surface area contributed by atoms with Gasteiger partial charge in [0.15, 0.2) is 0 Å². The van der Waals surface area contributed by atoms with Crippen LogP contribution in [0.3, 0.4) is 0 Å². The van der Waals surface area contributed by atoms with E-state index in [1.165, 1.54) is 14.1 Å². The average molecular weight is 250 g/mol. The molecule has 0 saturated heterocycles. The zero-order chi connectivity index (χ0) is 12.4. The van der Waals surface area contributed by atoms with Crippen LogP contribution >= 0.6 is 0 Å². The number of nitrogens with one attached hydrogen (secondary N) is 1. The summed E-state index contributed by atoms with van der Waals surface area (Å²) >= 11 is 0. The molecule has 16 heavy (non-hydrogen) atoms. The van der Waals surface area contributed by atoms with Gasteiger partial charge in [-0.05, 0) is 18.8 Å². The van der Waals surface area contributed by atoms with E-state index in [2.05, 4.69) is 11.6 Å². The maximum atomic E-state index is 11.8. The predicted octanol–water partition coefficient (Wildman–Crippen LogP) is 0.324. The summed E-state index contributed by atoms with van der Waals surface area (Å²) in [6, 6.07) is 0. The summed E-state index contributed by atoms with van der Waals surface area (Å²) < 4.78 is 27.3. The highest BCUT2D eigenvalue weighted by Crippen LogP contribution is 2.32. The Kier molecular flexibility index (Phi) is 4.34. The highest BCUT2D eigenvalue weighted by atomic mass is 32.2. The van der Waals surface area contributed by atoms with Gasteiger partial charge in [0.2, 0.25) is 0 Å². The average Bonchev–Trinajstić information content (AvgIpc) is 2.16. The molecular weight excluding hydrogens is 228 g/mol. The van der Waals surface area contributed by atoms with Crippen LogP contribution < -0.4 is 4.72 Å². The minimum absolute atomic E-state index is 0.135. The Bertz CT molecular complexity index is 329. The number of hydrogen-bond acceptors (Lipinski definition) is 3. The van der Waals surface area contributed by atoms with Gasteiger partial charge in [-0.3, -0.25) is 0 Å². The molecule has 1 fully saturated rings. The van der Waals surface area contributed by atoms with Crippen molar-refractivity contribution in [2.24, 2.45) is 5.92 Å². The first kappa shape index (κ1) is 13.9. The first-order valence-electron chi connectivity index (χ1n) is 5.64. The van der Waals surface area contributed by atoms with Gasteiger partial charge in [0.25, 0.3) is 10.2 Å². The molecule has 2 unspecified atom stereocenters. The molecule has 5 nitrogen and oxygen atoms in total. The molecule has 0 bridgehead atoms. The second-order valence-corrected chi connectivity index (χ2v) is 6.91. The smallest absolute Gasteiger partial charge is 0.279 e. The highest BCUT2D eigenvalue weighted by molar-refractivity contribution is 7.87. The normalized spacial score (nSPS) is 31.9. The van der Waals surface area contributed by atoms with E-state index in [0.717, 1.165) is 17.1 Å². The Morgan fingerprint density at radius 2 is 2.12 bits per heavy atom. The van der Waals surface area contributed by atoms with Gasteiger partial charge in [0, 0.05) is 14.1 Å². The Morgan fingerprint density at radius 3 is 2.56 bits per heavy atom. The van der Waals surface area contributed by atoms with Crippen molar-refractivity contribution in [3.63, 3.8) is 0 Å². The van der Waals surface area contributed by atoms with Crippen LogP contribution in [0.25, 0.3) is 0 Å². The lowest BCUT2D eigenvalue weighted by Gasteiger charge is -2.39. The van der Waals surface area contributed by atoms with Crippen LogP contribution in [0.15, 0.2) is 0 Å². The topological polar surface area (TPSA) is 69.6 Å². The summed E-state index contributed by atoms with van der Waals surface area (Å²) in [6.45, 7) is 1.96. The SMILES string of the molecule is CC1CCCC(CO)(NS(=O)(=O)N(C)C)C1. The molecule has 1 saturated carbocycles. The van der Waals surface area contributed by atoms with Crippen LogP contribution in [-0.2, 0) is 10.2 Å². The molecule has 1 rings (SSSR count). The zero-order valence-electron chi connectivity index (χ0n) is 10.2. The fraction of sp³-hybridized carbons (Fsp3) is 1.00. The second-order valence-electron chi connectivity index (χ2n) is 5.03. The number of hydrogen-bond donors (Lipinski definition) is 2. The summed E-state index contributed by atoms with van der Waals surface area (Å²) in [5.74, 6) is 0.450. The molecule has 1 aliphatic carbocycles. The van der Waals surface area contributed by atoms with Crippen molar-refractivity contribution in [1.82, 2.24) is 9.03 Å². The molecular formula is C10H22N2O3S. The standard InChI is InChI=1S/C10H22N2O3S/c1-9-5-4-6-10(7-9,8-13)11-16(14,15)12(2)3/h9,11,13H,4-8H2,1-3H3. The first-order valence-corrected chi connectivity index (χ1v) is 7.08. The van der Waals surface area contributed by atoms with Gasteiger partial charge in [-0.2, -0.15) is 17.4 Å². The zero-order valence-corrected chi connectivity index (χ0v) is 11.0.